The molecule has 1 aliphatic heterocycles. The van der Waals surface area contributed by atoms with Crippen LogP contribution in [0.15, 0.2) is 0 Å². The number of β-amino-alcohol motifs (C(OH)–C–C–N with tert-alkyl or cyclic N) is 1. The maximum Gasteiger partial charge on any atom is 0.0558 e. The molecule has 0 aromatic heterocycles. The summed E-state index contributed by atoms with van der Waals surface area (Å²) in [6.45, 7) is 9.94. The predicted molar refractivity (Wildman–Crippen MR) is 70.1 cm³/mol. The fourth-order valence-electron chi connectivity index (χ4n) is 2.86. The first-order chi connectivity index (χ1) is 8.22. The van der Waals surface area contributed by atoms with E-state index in [4.69, 9.17) is 5.11 Å². The van der Waals surface area contributed by atoms with Gasteiger partial charge in [-0.25, -0.2) is 0 Å². The third-order valence-electron chi connectivity index (χ3n) is 4.25. The molecular weight excluding hydrogens is 216 g/mol. The Hall–Kier alpha value is -0.160. The second kappa shape index (κ2) is 7.31. The molecule has 2 N–H and O–H groups in total. The maximum absolute atomic E-state index is 9.23. The van der Waals surface area contributed by atoms with Crippen molar-refractivity contribution in [2.24, 2.45) is 0 Å². The van der Waals surface area contributed by atoms with Crippen LogP contribution in [0.2, 0.25) is 0 Å². The maximum atomic E-state index is 9.23. The highest BCUT2D eigenvalue weighted by atomic mass is 16.3. The van der Waals surface area contributed by atoms with Crippen molar-refractivity contribution in [3.05, 3.63) is 0 Å². The number of hydrogen-bond acceptors (Lipinski definition) is 4. The van der Waals surface area contributed by atoms with E-state index < -0.39 is 0 Å². The number of rotatable bonds is 9. The monoisotopic (exact) mass is 244 g/mol. The molecule has 4 heteroatoms. The molecular formula is C13H28N2O2. The molecule has 0 saturated carbocycles. The average molecular weight is 244 g/mol. The van der Waals surface area contributed by atoms with Crippen molar-refractivity contribution in [2.45, 2.75) is 38.6 Å². The minimum Gasteiger partial charge on any atom is -0.396 e. The average Bonchev–Trinajstić information content (AvgIpc) is 2.34. The molecule has 1 saturated heterocycles. The smallest absolute Gasteiger partial charge is 0.0558 e. The molecule has 0 radical (unpaired) electrons. The van der Waals surface area contributed by atoms with Crippen LogP contribution in [0.25, 0.3) is 0 Å². The quantitative estimate of drug-likeness (QED) is 0.621. The lowest BCUT2D eigenvalue weighted by Gasteiger charge is -2.53. The van der Waals surface area contributed by atoms with Gasteiger partial charge in [0.05, 0.1) is 6.61 Å². The van der Waals surface area contributed by atoms with Crippen LogP contribution in [0.4, 0.5) is 0 Å². The number of nitrogens with zero attached hydrogens (tertiary/aromatic N) is 2. The van der Waals surface area contributed by atoms with Gasteiger partial charge in [0.25, 0.3) is 0 Å². The highest BCUT2D eigenvalue weighted by Gasteiger charge is 2.43. The van der Waals surface area contributed by atoms with Crippen LogP contribution in [-0.2, 0) is 0 Å². The summed E-state index contributed by atoms with van der Waals surface area (Å²) in [5.41, 5.74) is 0.153. The summed E-state index contributed by atoms with van der Waals surface area (Å²) in [4.78, 5) is 4.77. The van der Waals surface area contributed by atoms with E-state index in [9.17, 15) is 5.11 Å². The SMILES string of the molecule is CCN(CC)CCC1(CCO)CCN1CCO. The topological polar surface area (TPSA) is 46.9 Å². The van der Waals surface area contributed by atoms with E-state index in [-0.39, 0.29) is 18.8 Å². The largest absolute Gasteiger partial charge is 0.396 e. The first-order valence-corrected chi connectivity index (χ1v) is 6.91. The van der Waals surface area contributed by atoms with E-state index in [1.807, 2.05) is 0 Å². The molecule has 1 heterocycles. The summed E-state index contributed by atoms with van der Waals surface area (Å²) in [7, 11) is 0. The Morgan fingerprint density at radius 2 is 1.82 bits per heavy atom. The molecule has 0 amide bonds. The molecule has 1 aliphatic rings. The van der Waals surface area contributed by atoms with E-state index in [2.05, 4.69) is 23.6 Å². The Labute approximate surface area is 105 Å². The summed E-state index contributed by atoms with van der Waals surface area (Å²) < 4.78 is 0. The van der Waals surface area contributed by atoms with E-state index >= 15 is 0 Å². The van der Waals surface area contributed by atoms with Crippen LogP contribution in [-0.4, -0.2) is 71.5 Å². The van der Waals surface area contributed by atoms with E-state index in [0.29, 0.717) is 0 Å². The first kappa shape index (κ1) is 14.9. The first-order valence-electron chi connectivity index (χ1n) is 6.91. The molecule has 0 aliphatic carbocycles. The van der Waals surface area contributed by atoms with Crippen LogP contribution in [0.3, 0.4) is 0 Å². The zero-order chi connectivity index (χ0) is 12.7. The van der Waals surface area contributed by atoms with Gasteiger partial charge in [0, 0.05) is 25.2 Å². The van der Waals surface area contributed by atoms with Crippen LogP contribution in [0, 0.1) is 0 Å². The summed E-state index contributed by atoms with van der Waals surface area (Å²) in [6.07, 6.45) is 3.11. The lowest BCUT2D eigenvalue weighted by atomic mass is 9.78. The van der Waals surface area contributed by atoms with Crippen molar-refractivity contribution < 1.29 is 10.2 Å². The Balaban J connectivity index is 2.47. The van der Waals surface area contributed by atoms with E-state index in [1.54, 1.807) is 0 Å². The summed E-state index contributed by atoms with van der Waals surface area (Å²) >= 11 is 0. The summed E-state index contributed by atoms with van der Waals surface area (Å²) in [6, 6.07) is 0. The highest BCUT2D eigenvalue weighted by Crippen LogP contribution is 2.36. The second-order valence-electron chi connectivity index (χ2n) is 4.94. The fraction of sp³-hybridized carbons (Fsp3) is 1.00. The minimum atomic E-state index is 0.153. The molecule has 1 unspecified atom stereocenters. The minimum absolute atomic E-state index is 0.153. The number of likely N-dealkylation sites (tertiary alicyclic amines) is 1. The molecule has 102 valence electrons. The molecule has 0 aromatic carbocycles. The van der Waals surface area contributed by atoms with Crippen molar-refractivity contribution in [1.29, 1.82) is 0 Å². The second-order valence-corrected chi connectivity index (χ2v) is 4.94. The van der Waals surface area contributed by atoms with Crippen molar-refractivity contribution >= 4 is 0 Å². The molecule has 0 bridgehead atoms. The molecule has 0 aromatic rings. The molecule has 1 fully saturated rings. The molecule has 0 spiro atoms. The van der Waals surface area contributed by atoms with Gasteiger partial charge in [0.2, 0.25) is 0 Å². The third-order valence-corrected chi connectivity index (χ3v) is 4.25. The van der Waals surface area contributed by atoms with Crippen molar-refractivity contribution in [3.8, 4) is 0 Å². The number of aliphatic hydroxyl groups is 2. The normalized spacial score (nSPS) is 25.2. The fourth-order valence-corrected chi connectivity index (χ4v) is 2.86. The van der Waals surface area contributed by atoms with Gasteiger partial charge in [-0.2, -0.15) is 0 Å². The zero-order valence-corrected chi connectivity index (χ0v) is 11.4. The van der Waals surface area contributed by atoms with Crippen molar-refractivity contribution in [1.82, 2.24) is 9.80 Å². The lowest BCUT2D eigenvalue weighted by molar-refractivity contribution is -0.0505. The van der Waals surface area contributed by atoms with Gasteiger partial charge in [-0.15, -0.1) is 0 Å². The van der Waals surface area contributed by atoms with Gasteiger partial charge in [-0.3, -0.25) is 4.90 Å². The van der Waals surface area contributed by atoms with E-state index in [0.717, 1.165) is 52.0 Å². The van der Waals surface area contributed by atoms with Gasteiger partial charge in [0.15, 0.2) is 0 Å². The number of aliphatic hydroxyl groups excluding tert-OH is 2. The highest BCUT2D eigenvalue weighted by molar-refractivity contribution is 4.99. The van der Waals surface area contributed by atoms with Crippen LogP contribution in [0.5, 0.6) is 0 Å². The van der Waals surface area contributed by atoms with Gasteiger partial charge < -0.3 is 15.1 Å². The van der Waals surface area contributed by atoms with Crippen LogP contribution in [0.1, 0.15) is 33.1 Å². The Morgan fingerprint density at radius 1 is 1.12 bits per heavy atom. The Kier molecular flexibility index (Phi) is 6.41. The van der Waals surface area contributed by atoms with Gasteiger partial charge in [0.1, 0.15) is 0 Å². The molecule has 1 rings (SSSR count). The van der Waals surface area contributed by atoms with Crippen molar-refractivity contribution in [3.63, 3.8) is 0 Å². The Bertz CT molecular complexity index is 210. The Morgan fingerprint density at radius 3 is 2.24 bits per heavy atom. The third kappa shape index (κ3) is 3.65. The lowest BCUT2D eigenvalue weighted by Crippen LogP contribution is -2.61. The molecule has 17 heavy (non-hydrogen) atoms. The summed E-state index contributed by atoms with van der Waals surface area (Å²) in [5, 5.41) is 18.3. The van der Waals surface area contributed by atoms with Gasteiger partial charge >= 0.3 is 0 Å². The van der Waals surface area contributed by atoms with Crippen LogP contribution >= 0.6 is 0 Å². The zero-order valence-electron chi connectivity index (χ0n) is 11.4. The molecule has 1 atom stereocenters. The van der Waals surface area contributed by atoms with Gasteiger partial charge in [-0.1, -0.05) is 13.8 Å². The summed E-state index contributed by atoms with van der Waals surface area (Å²) in [5.74, 6) is 0. The van der Waals surface area contributed by atoms with E-state index in [1.165, 1.54) is 0 Å². The van der Waals surface area contributed by atoms with Crippen molar-refractivity contribution in [2.75, 3.05) is 45.9 Å². The standard InChI is InChI=1S/C13H28N2O2/c1-3-14(4-2)8-5-13(7-11-16)6-9-15(13)10-12-17/h16-17H,3-12H2,1-2H3. The number of hydrogen-bond donors (Lipinski definition) is 2. The predicted octanol–water partition coefficient (Wildman–Crippen LogP) is 0.538. The molecule has 4 nitrogen and oxygen atoms in total. The van der Waals surface area contributed by atoms with Gasteiger partial charge in [-0.05, 0) is 38.9 Å². The van der Waals surface area contributed by atoms with Crippen LogP contribution < -0.4 is 0 Å².